The Kier molecular flexibility index (Phi) is 5.28. The topological polar surface area (TPSA) is 35.2 Å². The molecule has 0 bridgehead atoms. The molecule has 2 N–H and O–H groups in total. The van der Waals surface area contributed by atoms with Gasteiger partial charge in [-0.1, -0.05) is 24.6 Å². The molecule has 0 radical (unpaired) electrons. The molecule has 0 aliphatic carbocycles. The highest BCUT2D eigenvalue weighted by molar-refractivity contribution is 9.11. The number of hydrogen-bond donors (Lipinski definition) is 1. The molecule has 2 nitrogen and oxygen atoms in total. The Balaban J connectivity index is 2.24. The van der Waals surface area contributed by atoms with Gasteiger partial charge in [0.25, 0.3) is 0 Å². The summed E-state index contributed by atoms with van der Waals surface area (Å²) in [5.41, 5.74) is 6.18. The average molecular weight is 361 g/mol. The largest absolute Gasteiger partial charge is 0.483 e. The van der Waals surface area contributed by atoms with Crippen LogP contribution >= 0.6 is 38.9 Å². The Hall–Kier alpha value is -0.550. The van der Waals surface area contributed by atoms with Crippen LogP contribution in [-0.4, -0.2) is 6.04 Å². The normalized spacial score (nSPS) is 14.1. The van der Waals surface area contributed by atoms with Gasteiger partial charge in [0.1, 0.15) is 11.9 Å². The summed E-state index contributed by atoms with van der Waals surface area (Å²) in [6.07, 6.45) is 0.695. The van der Waals surface area contributed by atoms with Gasteiger partial charge in [0.2, 0.25) is 0 Å². The first kappa shape index (κ1) is 14.9. The van der Waals surface area contributed by atoms with Crippen molar-refractivity contribution in [3.8, 4) is 5.75 Å². The van der Waals surface area contributed by atoms with Gasteiger partial charge in [-0.25, -0.2) is 0 Å². The summed E-state index contributed by atoms with van der Waals surface area (Å²) in [6, 6.07) is 11.4. The summed E-state index contributed by atoms with van der Waals surface area (Å²) in [4.78, 5) is 1.11. The van der Waals surface area contributed by atoms with Crippen molar-refractivity contribution in [1.82, 2.24) is 0 Å². The Bertz CT molecular complexity index is 546. The lowest BCUT2D eigenvalue weighted by molar-refractivity contribution is 0.174. The molecule has 5 heteroatoms. The number of hydrogen-bond acceptors (Lipinski definition) is 3. The maximum atomic E-state index is 6.18. The fourth-order valence-corrected chi connectivity index (χ4v) is 3.45. The van der Waals surface area contributed by atoms with Crippen LogP contribution in [0.15, 0.2) is 40.2 Å². The first-order chi connectivity index (χ1) is 9.10. The Labute approximate surface area is 130 Å². The van der Waals surface area contributed by atoms with Crippen molar-refractivity contribution < 1.29 is 4.74 Å². The highest BCUT2D eigenvalue weighted by Gasteiger charge is 2.22. The van der Waals surface area contributed by atoms with Crippen LogP contribution in [0.1, 0.15) is 24.3 Å². The van der Waals surface area contributed by atoms with Gasteiger partial charge in [-0.2, -0.15) is 0 Å². The first-order valence-corrected chi connectivity index (χ1v) is 8.02. The standard InChI is InChI=1S/C14H15BrClNOS/c1-2-11(17)14(12-6-7-13(15)19-12)18-10-5-3-4-9(16)8-10/h3-8,11,14H,2,17H2,1H3. The van der Waals surface area contributed by atoms with Crippen LogP contribution in [0.5, 0.6) is 5.75 Å². The summed E-state index contributed by atoms with van der Waals surface area (Å²) in [5, 5.41) is 0.661. The van der Waals surface area contributed by atoms with Crippen LogP contribution < -0.4 is 10.5 Å². The number of nitrogens with two attached hydrogens (primary N) is 1. The first-order valence-electron chi connectivity index (χ1n) is 6.03. The lowest BCUT2D eigenvalue weighted by Crippen LogP contribution is -2.30. The molecule has 0 saturated heterocycles. The highest BCUT2D eigenvalue weighted by atomic mass is 79.9. The van der Waals surface area contributed by atoms with Crippen molar-refractivity contribution in [3.05, 3.63) is 50.1 Å². The fraction of sp³-hybridized carbons (Fsp3) is 0.286. The van der Waals surface area contributed by atoms with Gasteiger partial charge in [0.15, 0.2) is 0 Å². The number of ether oxygens (including phenoxy) is 1. The van der Waals surface area contributed by atoms with Gasteiger partial charge in [0.05, 0.1) is 3.79 Å². The lowest BCUT2D eigenvalue weighted by atomic mass is 10.1. The average Bonchev–Trinajstić information content (AvgIpc) is 2.81. The van der Waals surface area contributed by atoms with Gasteiger partial charge in [0, 0.05) is 15.9 Å². The minimum absolute atomic E-state index is 0.0514. The van der Waals surface area contributed by atoms with E-state index in [0.717, 1.165) is 20.8 Å². The van der Waals surface area contributed by atoms with Crippen LogP contribution in [0.3, 0.4) is 0 Å². The minimum atomic E-state index is -0.153. The van der Waals surface area contributed by atoms with E-state index in [2.05, 4.69) is 22.9 Å². The van der Waals surface area contributed by atoms with E-state index in [4.69, 9.17) is 22.1 Å². The van der Waals surface area contributed by atoms with Gasteiger partial charge < -0.3 is 10.5 Å². The van der Waals surface area contributed by atoms with Crippen LogP contribution in [0.4, 0.5) is 0 Å². The highest BCUT2D eigenvalue weighted by Crippen LogP contribution is 2.33. The second-order valence-corrected chi connectivity index (χ2v) is 7.14. The van der Waals surface area contributed by atoms with Crippen molar-refractivity contribution in [1.29, 1.82) is 0 Å². The summed E-state index contributed by atoms with van der Waals surface area (Å²) >= 11 is 11.1. The summed E-state index contributed by atoms with van der Waals surface area (Å²) < 4.78 is 7.10. The molecule has 102 valence electrons. The molecule has 1 aromatic carbocycles. The molecule has 0 aliphatic heterocycles. The van der Waals surface area contributed by atoms with Gasteiger partial charge in [-0.3, -0.25) is 0 Å². The fourth-order valence-electron chi connectivity index (χ4n) is 1.74. The molecule has 19 heavy (non-hydrogen) atoms. The number of rotatable bonds is 5. The Morgan fingerprint density at radius 1 is 1.37 bits per heavy atom. The van der Waals surface area contributed by atoms with Crippen molar-refractivity contribution in [2.75, 3.05) is 0 Å². The number of thiophene rings is 1. The quantitative estimate of drug-likeness (QED) is 0.812. The van der Waals surface area contributed by atoms with Gasteiger partial charge >= 0.3 is 0 Å². The summed E-state index contributed by atoms with van der Waals surface area (Å²) in [6.45, 7) is 2.06. The molecule has 1 aromatic heterocycles. The summed E-state index contributed by atoms with van der Waals surface area (Å²) in [7, 11) is 0. The molecule has 0 saturated carbocycles. The van der Waals surface area contributed by atoms with Crippen molar-refractivity contribution in [2.24, 2.45) is 5.73 Å². The van der Waals surface area contributed by atoms with Crippen LogP contribution in [0, 0.1) is 0 Å². The predicted molar refractivity (Wildman–Crippen MR) is 85.1 cm³/mol. The van der Waals surface area contributed by atoms with Crippen molar-refractivity contribution in [2.45, 2.75) is 25.5 Å². The SMILES string of the molecule is CCC(N)C(Oc1cccc(Cl)c1)c1ccc(Br)s1. The molecule has 0 amide bonds. The third kappa shape index (κ3) is 3.96. The van der Waals surface area contributed by atoms with Crippen molar-refractivity contribution >= 4 is 38.9 Å². The zero-order valence-corrected chi connectivity index (χ0v) is 13.6. The van der Waals surface area contributed by atoms with E-state index in [-0.39, 0.29) is 12.1 Å². The van der Waals surface area contributed by atoms with Gasteiger partial charge in [-0.05, 0) is 52.7 Å². The smallest absolute Gasteiger partial charge is 0.148 e. The number of halogens is 2. The van der Waals surface area contributed by atoms with E-state index in [0.29, 0.717) is 5.02 Å². The van der Waals surface area contributed by atoms with Crippen LogP contribution in [0.2, 0.25) is 5.02 Å². The molecule has 2 unspecified atom stereocenters. The van der Waals surface area contributed by atoms with E-state index in [1.165, 1.54) is 0 Å². The molecular formula is C14H15BrClNOS. The van der Waals surface area contributed by atoms with E-state index in [9.17, 15) is 0 Å². The van der Waals surface area contributed by atoms with Crippen molar-refractivity contribution in [3.63, 3.8) is 0 Å². The molecular weight excluding hydrogens is 346 g/mol. The molecule has 2 rings (SSSR count). The lowest BCUT2D eigenvalue weighted by Gasteiger charge is -2.23. The summed E-state index contributed by atoms with van der Waals surface area (Å²) in [5.74, 6) is 0.742. The monoisotopic (exact) mass is 359 g/mol. The molecule has 1 heterocycles. The third-order valence-electron chi connectivity index (χ3n) is 2.79. The molecule has 2 aromatic rings. The van der Waals surface area contributed by atoms with E-state index >= 15 is 0 Å². The zero-order chi connectivity index (χ0) is 13.8. The third-order valence-corrected chi connectivity index (χ3v) is 4.71. The zero-order valence-electron chi connectivity index (χ0n) is 10.5. The predicted octanol–water partition coefficient (Wildman–Crippen LogP) is 5.02. The second-order valence-electron chi connectivity index (χ2n) is 4.21. The van der Waals surface area contributed by atoms with Crippen LogP contribution in [-0.2, 0) is 0 Å². The number of benzene rings is 1. The maximum absolute atomic E-state index is 6.18. The Morgan fingerprint density at radius 2 is 2.16 bits per heavy atom. The van der Waals surface area contributed by atoms with Gasteiger partial charge in [-0.15, -0.1) is 11.3 Å². The Morgan fingerprint density at radius 3 is 2.74 bits per heavy atom. The molecule has 2 atom stereocenters. The molecule has 0 aliphatic rings. The molecule has 0 spiro atoms. The minimum Gasteiger partial charge on any atom is -0.483 e. The van der Waals surface area contributed by atoms with Crippen LogP contribution in [0.25, 0.3) is 0 Å². The molecule has 0 fully saturated rings. The van der Waals surface area contributed by atoms with E-state index in [1.54, 1.807) is 17.4 Å². The maximum Gasteiger partial charge on any atom is 0.148 e. The second kappa shape index (κ2) is 6.75. The van der Waals surface area contributed by atoms with E-state index in [1.807, 2.05) is 30.3 Å². The van der Waals surface area contributed by atoms with E-state index < -0.39 is 0 Å².